The lowest BCUT2D eigenvalue weighted by Gasteiger charge is -2.10. The largest absolute Gasteiger partial charge is 0.468 e. The SMILES string of the molecule is COC(=O)C(C)C(=O)c1cccc(-c2cccc3nn(C)cc23)c1. The number of benzene rings is 2. The van der Waals surface area contributed by atoms with Crippen molar-refractivity contribution in [3.05, 3.63) is 54.2 Å². The molecule has 0 aliphatic carbocycles. The van der Waals surface area contributed by atoms with Gasteiger partial charge in [0.05, 0.1) is 12.6 Å². The number of hydrogen-bond acceptors (Lipinski definition) is 4. The van der Waals surface area contributed by atoms with Gasteiger partial charge in [0.2, 0.25) is 0 Å². The molecule has 24 heavy (non-hydrogen) atoms. The predicted octanol–water partition coefficient (Wildman–Crippen LogP) is 3.23. The molecule has 1 unspecified atom stereocenters. The first-order chi connectivity index (χ1) is 11.5. The number of hydrogen-bond donors (Lipinski definition) is 0. The minimum atomic E-state index is -0.820. The second-order valence-corrected chi connectivity index (χ2v) is 5.73. The Labute approximate surface area is 139 Å². The van der Waals surface area contributed by atoms with E-state index in [9.17, 15) is 9.59 Å². The van der Waals surface area contributed by atoms with Crippen molar-refractivity contribution in [2.24, 2.45) is 13.0 Å². The molecule has 0 bridgehead atoms. The molecule has 122 valence electrons. The van der Waals surface area contributed by atoms with Crippen molar-refractivity contribution in [1.29, 1.82) is 0 Å². The van der Waals surface area contributed by atoms with Crippen molar-refractivity contribution in [2.75, 3.05) is 7.11 Å². The maximum absolute atomic E-state index is 12.5. The summed E-state index contributed by atoms with van der Waals surface area (Å²) in [7, 11) is 3.16. The summed E-state index contributed by atoms with van der Waals surface area (Å²) in [6.07, 6.45) is 1.95. The summed E-state index contributed by atoms with van der Waals surface area (Å²) in [5.74, 6) is -1.60. The molecule has 3 rings (SSSR count). The van der Waals surface area contributed by atoms with Crippen molar-refractivity contribution in [3.8, 4) is 11.1 Å². The zero-order valence-electron chi connectivity index (χ0n) is 13.8. The number of Topliss-reactive ketones (excluding diaryl/α,β-unsaturated/α-hetero) is 1. The smallest absolute Gasteiger partial charge is 0.316 e. The predicted molar refractivity (Wildman–Crippen MR) is 91.7 cm³/mol. The molecule has 0 saturated carbocycles. The van der Waals surface area contributed by atoms with Crippen LogP contribution in [0.1, 0.15) is 17.3 Å². The molecular weight excluding hydrogens is 304 g/mol. The van der Waals surface area contributed by atoms with Crippen LogP contribution in [0.25, 0.3) is 22.0 Å². The second kappa shape index (κ2) is 6.28. The minimum Gasteiger partial charge on any atom is -0.468 e. The summed E-state index contributed by atoms with van der Waals surface area (Å²) in [6, 6.07) is 13.2. The Hall–Kier alpha value is -2.95. The highest BCUT2D eigenvalue weighted by atomic mass is 16.5. The number of esters is 1. The summed E-state index contributed by atoms with van der Waals surface area (Å²) >= 11 is 0. The Balaban J connectivity index is 2.04. The number of rotatable bonds is 4. The van der Waals surface area contributed by atoms with Crippen LogP contribution in [-0.2, 0) is 16.6 Å². The number of ketones is 1. The van der Waals surface area contributed by atoms with Gasteiger partial charge in [-0.1, -0.05) is 30.3 Å². The molecule has 3 aromatic rings. The van der Waals surface area contributed by atoms with E-state index in [4.69, 9.17) is 0 Å². The number of aromatic nitrogens is 2. The van der Waals surface area contributed by atoms with Gasteiger partial charge in [-0.15, -0.1) is 0 Å². The van der Waals surface area contributed by atoms with Crippen LogP contribution in [-0.4, -0.2) is 28.6 Å². The van der Waals surface area contributed by atoms with Gasteiger partial charge in [0, 0.05) is 24.2 Å². The number of ether oxygens (including phenoxy) is 1. The van der Waals surface area contributed by atoms with Crippen LogP contribution >= 0.6 is 0 Å². The van der Waals surface area contributed by atoms with Crippen molar-refractivity contribution in [2.45, 2.75) is 6.92 Å². The van der Waals surface area contributed by atoms with Crippen molar-refractivity contribution < 1.29 is 14.3 Å². The number of nitrogens with zero attached hydrogens (tertiary/aromatic N) is 2. The average Bonchev–Trinajstić information content (AvgIpc) is 2.99. The van der Waals surface area contributed by atoms with E-state index in [2.05, 4.69) is 9.84 Å². The van der Waals surface area contributed by atoms with Crippen molar-refractivity contribution in [1.82, 2.24) is 9.78 Å². The molecule has 1 aromatic heterocycles. The van der Waals surface area contributed by atoms with Crippen LogP contribution in [0, 0.1) is 5.92 Å². The van der Waals surface area contributed by atoms with Crippen LogP contribution in [0.3, 0.4) is 0 Å². The highest BCUT2D eigenvalue weighted by Gasteiger charge is 2.23. The maximum Gasteiger partial charge on any atom is 0.316 e. The minimum absolute atomic E-state index is 0.248. The van der Waals surface area contributed by atoms with Gasteiger partial charge in [-0.2, -0.15) is 5.10 Å². The fourth-order valence-electron chi connectivity index (χ4n) is 2.79. The zero-order valence-corrected chi connectivity index (χ0v) is 13.8. The molecule has 1 atom stereocenters. The van der Waals surface area contributed by atoms with Crippen LogP contribution < -0.4 is 0 Å². The van der Waals surface area contributed by atoms with Gasteiger partial charge in [-0.25, -0.2) is 0 Å². The number of fused-ring (bicyclic) bond motifs is 1. The molecule has 0 fully saturated rings. The molecule has 0 aliphatic rings. The Morgan fingerprint density at radius 2 is 1.92 bits per heavy atom. The third-order valence-electron chi connectivity index (χ3n) is 4.07. The van der Waals surface area contributed by atoms with E-state index in [0.29, 0.717) is 5.56 Å². The average molecular weight is 322 g/mol. The Bertz CT molecular complexity index is 927. The van der Waals surface area contributed by atoms with Gasteiger partial charge in [0.1, 0.15) is 5.92 Å². The third kappa shape index (κ3) is 2.80. The normalized spacial score (nSPS) is 12.1. The van der Waals surface area contributed by atoms with E-state index in [0.717, 1.165) is 22.0 Å². The Kier molecular flexibility index (Phi) is 4.16. The lowest BCUT2D eigenvalue weighted by molar-refractivity contribution is -0.143. The van der Waals surface area contributed by atoms with E-state index in [1.54, 1.807) is 17.7 Å². The first-order valence-electron chi connectivity index (χ1n) is 7.66. The zero-order chi connectivity index (χ0) is 17.3. The summed E-state index contributed by atoms with van der Waals surface area (Å²) in [4.78, 5) is 24.1. The highest BCUT2D eigenvalue weighted by Crippen LogP contribution is 2.29. The fourth-order valence-corrected chi connectivity index (χ4v) is 2.79. The van der Waals surface area contributed by atoms with Crippen molar-refractivity contribution in [3.63, 3.8) is 0 Å². The van der Waals surface area contributed by atoms with Gasteiger partial charge in [0.25, 0.3) is 0 Å². The van der Waals surface area contributed by atoms with E-state index >= 15 is 0 Å². The van der Waals surface area contributed by atoms with E-state index in [-0.39, 0.29) is 5.78 Å². The highest BCUT2D eigenvalue weighted by molar-refractivity contribution is 6.09. The van der Waals surface area contributed by atoms with E-state index < -0.39 is 11.9 Å². The number of carbonyl (C=O) groups excluding carboxylic acids is 2. The quantitative estimate of drug-likeness (QED) is 0.420. The fraction of sp³-hybridized carbons (Fsp3) is 0.211. The molecule has 0 amide bonds. The Morgan fingerprint density at radius 1 is 1.17 bits per heavy atom. The summed E-state index contributed by atoms with van der Waals surface area (Å²) < 4.78 is 6.43. The molecule has 0 aliphatic heterocycles. The Morgan fingerprint density at radius 3 is 2.67 bits per heavy atom. The molecule has 2 aromatic carbocycles. The van der Waals surface area contributed by atoms with Crippen LogP contribution in [0.5, 0.6) is 0 Å². The molecule has 1 heterocycles. The number of aryl methyl sites for hydroxylation is 1. The summed E-state index contributed by atoms with van der Waals surface area (Å²) in [6.45, 7) is 1.56. The van der Waals surface area contributed by atoms with Crippen molar-refractivity contribution >= 4 is 22.7 Å². The molecular formula is C19H18N2O3. The molecule has 5 heteroatoms. The number of methoxy groups -OCH3 is 1. The van der Waals surface area contributed by atoms with Gasteiger partial charge >= 0.3 is 5.97 Å². The molecule has 0 spiro atoms. The number of carbonyl (C=O) groups is 2. The monoisotopic (exact) mass is 322 g/mol. The maximum atomic E-state index is 12.5. The van der Waals surface area contributed by atoms with Gasteiger partial charge in [0.15, 0.2) is 5.78 Å². The standard InChI is InChI=1S/C19H18N2O3/c1-12(19(23)24-3)18(22)14-7-4-6-13(10-14)15-8-5-9-17-16(15)11-21(2)20-17/h4-12H,1-3H3. The first kappa shape index (κ1) is 15.9. The van der Waals surface area contributed by atoms with E-state index in [1.807, 2.05) is 49.6 Å². The van der Waals surface area contributed by atoms with Gasteiger partial charge < -0.3 is 4.74 Å². The lowest BCUT2D eigenvalue weighted by Crippen LogP contribution is -2.22. The molecule has 0 saturated heterocycles. The summed E-state index contributed by atoms with van der Waals surface area (Å²) in [5.41, 5.74) is 3.30. The van der Waals surface area contributed by atoms with Crippen LogP contribution in [0.4, 0.5) is 0 Å². The third-order valence-corrected chi connectivity index (χ3v) is 4.07. The second-order valence-electron chi connectivity index (χ2n) is 5.73. The van der Waals surface area contributed by atoms with Crippen LogP contribution in [0.2, 0.25) is 0 Å². The topological polar surface area (TPSA) is 61.2 Å². The summed E-state index contributed by atoms with van der Waals surface area (Å²) in [5, 5.41) is 5.43. The molecule has 5 nitrogen and oxygen atoms in total. The van der Waals surface area contributed by atoms with Crippen LogP contribution in [0.15, 0.2) is 48.7 Å². The first-order valence-corrected chi connectivity index (χ1v) is 7.66. The lowest BCUT2D eigenvalue weighted by atomic mass is 9.95. The van der Waals surface area contributed by atoms with Gasteiger partial charge in [-0.3, -0.25) is 14.3 Å². The molecule has 0 radical (unpaired) electrons. The molecule has 0 N–H and O–H groups in total. The van der Waals surface area contributed by atoms with Gasteiger partial charge in [-0.05, 0) is 30.2 Å². The van der Waals surface area contributed by atoms with E-state index in [1.165, 1.54) is 7.11 Å².